The summed E-state index contributed by atoms with van der Waals surface area (Å²) in [7, 11) is 1.50. The Balaban J connectivity index is 3.05. The molecule has 0 aromatic heterocycles. The van der Waals surface area contributed by atoms with Gasteiger partial charge in [-0.05, 0) is 32.9 Å². The molecular formula is C14H18N2O5. The maximum Gasteiger partial charge on any atom is 0.414 e. The second-order valence-corrected chi connectivity index (χ2v) is 5.34. The average molecular weight is 294 g/mol. The SMILES string of the molecule is CN(C(=O)OC(C)(C)C)c1cccc(C(=NO)C(=O)O)c1. The fourth-order valence-corrected chi connectivity index (χ4v) is 1.52. The van der Waals surface area contributed by atoms with E-state index in [9.17, 15) is 9.59 Å². The molecule has 21 heavy (non-hydrogen) atoms. The minimum Gasteiger partial charge on any atom is -0.476 e. The third kappa shape index (κ3) is 4.48. The van der Waals surface area contributed by atoms with Crippen molar-refractivity contribution in [3.05, 3.63) is 29.8 Å². The lowest BCUT2D eigenvalue weighted by molar-refractivity contribution is -0.129. The Kier molecular flexibility index (Phi) is 4.91. The molecule has 0 aliphatic carbocycles. The largest absolute Gasteiger partial charge is 0.476 e. The zero-order valence-corrected chi connectivity index (χ0v) is 12.3. The number of nitrogens with zero attached hydrogens (tertiary/aromatic N) is 2. The number of carbonyl (C=O) groups excluding carboxylic acids is 1. The van der Waals surface area contributed by atoms with E-state index in [0.717, 1.165) is 0 Å². The standard InChI is InChI=1S/C14H18N2O5/c1-14(2,3)21-13(19)16(4)10-7-5-6-9(8-10)11(15-20)12(17)18/h5-8,20H,1-4H3,(H,17,18). The van der Waals surface area contributed by atoms with Crippen molar-refractivity contribution in [2.75, 3.05) is 11.9 Å². The Labute approximate surface area is 122 Å². The van der Waals surface area contributed by atoms with Gasteiger partial charge in [-0.3, -0.25) is 4.90 Å². The van der Waals surface area contributed by atoms with Gasteiger partial charge in [-0.15, -0.1) is 0 Å². The summed E-state index contributed by atoms with van der Waals surface area (Å²) in [6.07, 6.45) is -0.572. The predicted molar refractivity (Wildman–Crippen MR) is 77.0 cm³/mol. The Bertz CT molecular complexity index is 575. The molecule has 0 unspecified atom stereocenters. The summed E-state index contributed by atoms with van der Waals surface area (Å²) in [5, 5.41) is 20.4. The highest BCUT2D eigenvalue weighted by Gasteiger charge is 2.21. The summed E-state index contributed by atoms with van der Waals surface area (Å²) < 4.78 is 5.22. The van der Waals surface area contributed by atoms with Crippen LogP contribution in [0.1, 0.15) is 26.3 Å². The molecule has 1 amide bonds. The Hall–Kier alpha value is -2.57. The van der Waals surface area contributed by atoms with E-state index in [1.54, 1.807) is 32.9 Å². The van der Waals surface area contributed by atoms with Crippen LogP contribution in [0.3, 0.4) is 0 Å². The zero-order chi connectivity index (χ0) is 16.2. The minimum absolute atomic E-state index is 0.179. The lowest BCUT2D eigenvalue weighted by Crippen LogP contribution is -2.34. The molecule has 0 fully saturated rings. The van der Waals surface area contributed by atoms with Crippen LogP contribution in [0.4, 0.5) is 10.5 Å². The second-order valence-electron chi connectivity index (χ2n) is 5.34. The minimum atomic E-state index is -1.37. The number of anilines is 1. The van der Waals surface area contributed by atoms with Crippen molar-refractivity contribution in [3.8, 4) is 0 Å². The third-order valence-electron chi connectivity index (χ3n) is 2.48. The van der Waals surface area contributed by atoms with Gasteiger partial charge in [-0.25, -0.2) is 9.59 Å². The molecule has 0 saturated heterocycles. The molecule has 0 aliphatic rings. The normalized spacial score (nSPS) is 11.9. The van der Waals surface area contributed by atoms with E-state index >= 15 is 0 Å². The number of carboxylic acid groups (broad SMARTS) is 1. The molecule has 0 bridgehead atoms. The molecule has 2 N–H and O–H groups in total. The van der Waals surface area contributed by atoms with Crippen LogP contribution in [0.2, 0.25) is 0 Å². The lowest BCUT2D eigenvalue weighted by Gasteiger charge is -2.24. The molecule has 1 aromatic rings. The number of ether oxygens (including phenoxy) is 1. The molecule has 0 atom stereocenters. The Morgan fingerprint density at radius 3 is 2.38 bits per heavy atom. The van der Waals surface area contributed by atoms with Crippen molar-refractivity contribution in [1.29, 1.82) is 0 Å². The maximum atomic E-state index is 12.0. The van der Waals surface area contributed by atoms with E-state index in [0.29, 0.717) is 5.69 Å². The average Bonchev–Trinajstić information content (AvgIpc) is 2.36. The van der Waals surface area contributed by atoms with Crippen molar-refractivity contribution >= 4 is 23.5 Å². The Morgan fingerprint density at radius 1 is 1.29 bits per heavy atom. The fourth-order valence-electron chi connectivity index (χ4n) is 1.52. The van der Waals surface area contributed by atoms with Crippen molar-refractivity contribution in [2.24, 2.45) is 5.16 Å². The van der Waals surface area contributed by atoms with Crippen molar-refractivity contribution in [1.82, 2.24) is 0 Å². The lowest BCUT2D eigenvalue weighted by atomic mass is 10.1. The number of oxime groups is 1. The van der Waals surface area contributed by atoms with Crippen molar-refractivity contribution in [3.63, 3.8) is 0 Å². The van der Waals surface area contributed by atoms with E-state index in [1.807, 2.05) is 0 Å². The highest BCUT2D eigenvalue weighted by Crippen LogP contribution is 2.18. The summed E-state index contributed by atoms with van der Waals surface area (Å²) in [5.74, 6) is -1.37. The van der Waals surface area contributed by atoms with E-state index < -0.39 is 23.4 Å². The van der Waals surface area contributed by atoms with Crippen molar-refractivity contribution in [2.45, 2.75) is 26.4 Å². The molecule has 1 aromatic carbocycles. The van der Waals surface area contributed by atoms with Crippen LogP contribution in [0.5, 0.6) is 0 Å². The van der Waals surface area contributed by atoms with Crippen LogP contribution in [-0.4, -0.2) is 40.7 Å². The fraction of sp³-hybridized carbons (Fsp3) is 0.357. The summed E-state index contributed by atoms with van der Waals surface area (Å²) in [6.45, 7) is 5.24. The van der Waals surface area contributed by atoms with E-state index in [1.165, 1.54) is 24.1 Å². The molecule has 0 saturated carbocycles. The van der Waals surface area contributed by atoms with Gasteiger partial charge < -0.3 is 15.1 Å². The molecular weight excluding hydrogens is 276 g/mol. The topological polar surface area (TPSA) is 99.4 Å². The molecule has 7 nitrogen and oxygen atoms in total. The van der Waals surface area contributed by atoms with Gasteiger partial charge >= 0.3 is 12.1 Å². The molecule has 114 valence electrons. The number of carboxylic acids is 1. The van der Waals surface area contributed by atoms with E-state index in [2.05, 4.69) is 5.16 Å². The predicted octanol–water partition coefficient (Wildman–Crippen LogP) is 2.32. The first-order valence-corrected chi connectivity index (χ1v) is 6.18. The van der Waals surface area contributed by atoms with Crippen LogP contribution in [0.15, 0.2) is 29.4 Å². The van der Waals surface area contributed by atoms with Gasteiger partial charge in [-0.2, -0.15) is 0 Å². The number of amides is 1. The summed E-state index contributed by atoms with van der Waals surface area (Å²) in [6, 6.07) is 6.06. The second kappa shape index (κ2) is 6.25. The van der Waals surface area contributed by atoms with Gasteiger partial charge in [0.05, 0.1) is 0 Å². The van der Waals surface area contributed by atoms with Gasteiger partial charge in [0.25, 0.3) is 0 Å². The number of rotatable bonds is 3. The molecule has 0 radical (unpaired) electrons. The van der Waals surface area contributed by atoms with Crippen LogP contribution in [-0.2, 0) is 9.53 Å². The summed E-state index contributed by atoms with van der Waals surface area (Å²) in [4.78, 5) is 24.1. The van der Waals surface area contributed by atoms with Gasteiger partial charge in [0.15, 0.2) is 5.71 Å². The number of hydrogen-bond donors (Lipinski definition) is 2. The molecule has 0 spiro atoms. The molecule has 0 heterocycles. The summed E-state index contributed by atoms with van der Waals surface area (Å²) >= 11 is 0. The monoisotopic (exact) mass is 294 g/mol. The van der Waals surface area contributed by atoms with Gasteiger partial charge in [0.1, 0.15) is 5.60 Å². The van der Waals surface area contributed by atoms with Gasteiger partial charge in [0, 0.05) is 18.3 Å². The van der Waals surface area contributed by atoms with Crippen LogP contribution >= 0.6 is 0 Å². The zero-order valence-electron chi connectivity index (χ0n) is 12.3. The van der Waals surface area contributed by atoms with Crippen molar-refractivity contribution < 1.29 is 24.6 Å². The molecule has 1 rings (SSSR count). The quantitative estimate of drug-likeness (QED) is 0.506. The highest BCUT2D eigenvalue weighted by atomic mass is 16.6. The highest BCUT2D eigenvalue weighted by molar-refractivity contribution is 6.42. The van der Waals surface area contributed by atoms with Gasteiger partial charge in [0.2, 0.25) is 0 Å². The number of hydrogen-bond acceptors (Lipinski definition) is 5. The maximum absolute atomic E-state index is 12.0. The van der Waals surface area contributed by atoms with E-state index in [4.69, 9.17) is 15.1 Å². The third-order valence-corrected chi connectivity index (χ3v) is 2.48. The molecule has 7 heteroatoms. The number of benzene rings is 1. The first kappa shape index (κ1) is 16.5. The first-order valence-electron chi connectivity index (χ1n) is 6.18. The van der Waals surface area contributed by atoms with Gasteiger partial charge in [-0.1, -0.05) is 17.3 Å². The first-order chi connectivity index (χ1) is 9.65. The van der Waals surface area contributed by atoms with Crippen LogP contribution < -0.4 is 4.90 Å². The van der Waals surface area contributed by atoms with Crippen LogP contribution in [0, 0.1) is 0 Å². The van der Waals surface area contributed by atoms with Crippen LogP contribution in [0.25, 0.3) is 0 Å². The van der Waals surface area contributed by atoms with E-state index in [-0.39, 0.29) is 5.56 Å². The molecule has 0 aliphatic heterocycles. The number of carbonyl (C=O) groups is 2. The number of aliphatic carboxylic acids is 1. The Morgan fingerprint density at radius 2 is 1.90 bits per heavy atom. The summed E-state index contributed by atoms with van der Waals surface area (Å²) in [5.41, 5.74) is -0.543. The smallest absolute Gasteiger partial charge is 0.414 e.